The highest BCUT2D eigenvalue weighted by molar-refractivity contribution is 9.12. The quantitative estimate of drug-likeness (QED) is 0.0533. The summed E-state index contributed by atoms with van der Waals surface area (Å²) in [5, 5.41) is 0. The topological polar surface area (TPSA) is 36.9 Å². The Morgan fingerprint density at radius 1 is 0.463 bits per heavy atom. The minimum atomic E-state index is -0.299. The van der Waals surface area contributed by atoms with Crippen LogP contribution in [0.25, 0.3) is 0 Å². The molecule has 0 amide bonds. The summed E-state index contributed by atoms with van der Waals surface area (Å²) < 4.78 is 30.9. The molecule has 4 aromatic rings. The monoisotopic (exact) mass is 1180 g/mol. The van der Waals surface area contributed by atoms with Crippen LogP contribution in [0, 0.1) is 0 Å². The molecule has 0 bridgehead atoms. The fraction of sp³-hybridized carbons (Fsp3) is 0.333. The van der Waals surface area contributed by atoms with Gasteiger partial charge in [0.05, 0.1) is 57.7 Å². The Bertz CT molecular complexity index is 1750. The summed E-state index contributed by atoms with van der Waals surface area (Å²) in [6.07, 6.45) is 6.96. The number of hydrogen-bond donors (Lipinski definition) is 0. The first-order chi connectivity index (χ1) is 25.5. The lowest BCUT2D eigenvalue weighted by Crippen LogP contribution is -2.22. The number of unbranched alkanes of at least 4 members (excludes halogenated alkanes) is 1. The maximum atomic E-state index is 6.31. The van der Waals surface area contributed by atoms with Gasteiger partial charge in [0.2, 0.25) is 0 Å². The van der Waals surface area contributed by atoms with Gasteiger partial charge in [-0.1, -0.05) is 45.9 Å². The van der Waals surface area contributed by atoms with E-state index in [0.717, 1.165) is 102 Å². The van der Waals surface area contributed by atoms with Crippen LogP contribution in [0.1, 0.15) is 75.6 Å². The molecular formula is C42H44BBr7O4. The van der Waals surface area contributed by atoms with Crippen molar-refractivity contribution in [3.8, 4) is 23.0 Å². The van der Waals surface area contributed by atoms with Crippen molar-refractivity contribution in [3.05, 3.63) is 127 Å². The standard InChI is InChI=1S/C42H44BBr7O4/c1-7-9-13-52-38-31(45)19-26(20-32(38)46)41(3,4)25-17-29(43)37(30(44)18-25)51-15-11-12-16-54-40-35(49)23-28(24-36(40)50)42(5,6)27-21-33(47)39(34(48)22-27)53-14-10-8-2/h7-8,17-24H,1-2,9-16,43H2,3-6H3. The van der Waals surface area contributed by atoms with E-state index in [9.17, 15) is 0 Å². The highest BCUT2D eigenvalue weighted by Crippen LogP contribution is 2.45. The van der Waals surface area contributed by atoms with Crippen molar-refractivity contribution in [3.63, 3.8) is 0 Å². The SMILES string of the molecule is Bc1cc(C(C)(C)c2cc(Br)c(OCCC=C)c(Br)c2)cc(Br)c1OCCCCOc1c(Br)cc(C(C)(C)c2cc(Br)c(OCCC=C)c(Br)c2)cc1Br. The van der Waals surface area contributed by atoms with E-state index in [2.05, 4.69) is 209 Å². The average Bonchev–Trinajstić information content (AvgIpc) is 3.10. The second kappa shape index (κ2) is 20.6. The number of halogens is 7. The van der Waals surface area contributed by atoms with Gasteiger partial charge in [-0.3, -0.25) is 0 Å². The van der Waals surface area contributed by atoms with Crippen molar-refractivity contribution in [1.29, 1.82) is 0 Å². The molecule has 4 nitrogen and oxygen atoms in total. The first kappa shape index (κ1) is 45.7. The van der Waals surface area contributed by atoms with Crippen molar-refractivity contribution in [2.24, 2.45) is 0 Å². The Morgan fingerprint density at radius 3 is 1.02 bits per heavy atom. The number of benzene rings is 4. The van der Waals surface area contributed by atoms with E-state index >= 15 is 0 Å². The van der Waals surface area contributed by atoms with Gasteiger partial charge in [-0.25, -0.2) is 0 Å². The Kier molecular flexibility index (Phi) is 17.4. The number of ether oxygens (including phenoxy) is 4. The van der Waals surface area contributed by atoms with Gasteiger partial charge in [0.1, 0.15) is 30.8 Å². The fourth-order valence-corrected chi connectivity index (χ4v) is 10.7. The molecule has 0 spiro atoms. The predicted octanol–water partition coefficient (Wildman–Crippen LogP) is 14.1. The second-order valence-electron chi connectivity index (χ2n) is 13.9. The van der Waals surface area contributed by atoms with Gasteiger partial charge >= 0.3 is 0 Å². The number of rotatable bonds is 19. The molecule has 0 aromatic heterocycles. The zero-order chi connectivity index (χ0) is 39.8. The van der Waals surface area contributed by atoms with E-state index < -0.39 is 0 Å². The Morgan fingerprint density at radius 2 is 0.722 bits per heavy atom. The second-order valence-corrected chi connectivity index (χ2v) is 19.9. The predicted molar refractivity (Wildman–Crippen MR) is 253 cm³/mol. The molecule has 0 aliphatic heterocycles. The van der Waals surface area contributed by atoms with E-state index in [0.29, 0.717) is 26.4 Å². The molecule has 0 radical (unpaired) electrons. The minimum absolute atomic E-state index is 0.273. The molecule has 0 aliphatic rings. The largest absolute Gasteiger partial charge is 0.493 e. The molecule has 0 unspecified atom stereocenters. The fourth-order valence-electron chi connectivity index (χ4n) is 5.82. The smallest absolute Gasteiger partial charge is 0.147 e. The van der Waals surface area contributed by atoms with Crippen molar-refractivity contribution in [2.75, 3.05) is 26.4 Å². The summed E-state index contributed by atoms with van der Waals surface area (Å²) in [6, 6.07) is 17.2. The minimum Gasteiger partial charge on any atom is -0.493 e. The van der Waals surface area contributed by atoms with E-state index in [1.807, 2.05) is 12.2 Å². The molecule has 0 heterocycles. The Labute approximate surface area is 380 Å². The van der Waals surface area contributed by atoms with Crippen LogP contribution in [-0.4, -0.2) is 34.3 Å². The molecule has 4 rings (SSSR count). The summed E-state index contributed by atoms with van der Waals surface area (Å²) in [4.78, 5) is 0. The van der Waals surface area contributed by atoms with Crippen LogP contribution < -0.4 is 24.4 Å². The molecule has 0 saturated carbocycles. The van der Waals surface area contributed by atoms with Gasteiger partial charge < -0.3 is 18.9 Å². The van der Waals surface area contributed by atoms with Gasteiger partial charge in [-0.2, -0.15) is 0 Å². The summed E-state index contributed by atoms with van der Waals surface area (Å²) >= 11 is 26.2. The van der Waals surface area contributed by atoms with E-state index in [1.165, 1.54) is 5.56 Å². The number of hydrogen-bond acceptors (Lipinski definition) is 4. The van der Waals surface area contributed by atoms with Crippen LogP contribution in [-0.2, 0) is 10.8 Å². The van der Waals surface area contributed by atoms with Crippen molar-refractivity contribution in [1.82, 2.24) is 0 Å². The summed E-state index contributed by atoms with van der Waals surface area (Å²) in [5.74, 6) is 3.24. The molecule has 0 atom stereocenters. The summed E-state index contributed by atoms with van der Waals surface area (Å²) in [6.45, 7) is 18.7. The lowest BCUT2D eigenvalue weighted by Gasteiger charge is -2.29. The van der Waals surface area contributed by atoms with Crippen LogP contribution >= 0.6 is 112 Å². The molecule has 0 aliphatic carbocycles. The summed E-state index contributed by atoms with van der Waals surface area (Å²) in [5.41, 5.74) is 5.13. The van der Waals surface area contributed by atoms with Gasteiger partial charge in [0.15, 0.2) is 0 Å². The van der Waals surface area contributed by atoms with Crippen molar-refractivity contribution >= 4 is 125 Å². The lowest BCUT2D eigenvalue weighted by atomic mass is 9.76. The molecule has 288 valence electrons. The Hall–Kier alpha value is -1.02. The van der Waals surface area contributed by atoms with Crippen molar-refractivity contribution < 1.29 is 18.9 Å². The van der Waals surface area contributed by atoms with Crippen molar-refractivity contribution in [2.45, 2.75) is 64.2 Å². The Balaban J connectivity index is 1.35. The van der Waals surface area contributed by atoms with Gasteiger partial charge in [0.25, 0.3) is 0 Å². The molecule has 0 N–H and O–H groups in total. The molecule has 54 heavy (non-hydrogen) atoms. The zero-order valence-electron chi connectivity index (χ0n) is 31.1. The van der Waals surface area contributed by atoms with Crippen LogP contribution in [0.4, 0.5) is 0 Å². The molecule has 12 heteroatoms. The third-order valence-electron chi connectivity index (χ3n) is 9.28. The van der Waals surface area contributed by atoms with Crippen LogP contribution in [0.5, 0.6) is 23.0 Å². The van der Waals surface area contributed by atoms with E-state index in [1.54, 1.807) is 0 Å². The first-order valence-corrected chi connectivity index (χ1v) is 23.1. The van der Waals surface area contributed by atoms with E-state index in [4.69, 9.17) is 18.9 Å². The maximum absolute atomic E-state index is 6.31. The van der Waals surface area contributed by atoms with E-state index in [-0.39, 0.29) is 10.8 Å². The van der Waals surface area contributed by atoms with Gasteiger partial charge in [-0.05, 0) is 207 Å². The highest BCUT2D eigenvalue weighted by Gasteiger charge is 2.29. The maximum Gasteiger partial charge on any atom is 0.147 e. The third kappa shape index (κ3) is 11.3. The lowest BCUT2D eigenvalue weighted by molar-refractivity contribution is 0.265. The van der Waals surface area contributed by atoms with Gasteiger partial charge in [0, 0.05) is 10.8 Å². The van der Waals surface area contributed by atoms with Crippen LogP contribution in [0.15, 0.2) is 105 Å². The normalized spacial score (nSPS) is 11.7. The molecule has 0 fully saturated rings. The molecule has 4 aromatic carbocycles. The average molecular weight is 1180 g/mol. The van der Waals surface area contributed by atoms with Crippen LogP contribution in [0.3, 0.4) is 0 Å². The first-order valence-electron chi connectivity index (χ1n) is 17.5. The molecule has 0 saturated heterocycles. The molecular weight excluding hydrogens is 1140 g/mol. The zero-order valence-corrected chi connectivity index (χ0v) is 42.2. The highest BCUT2D eigenvalue weighted by atomic mass is 79.9. The summed E-state index contributed by atoms with van der Waals surface area (Å²) in [7, 11) is 2.10. The third-order valence-corrected chi connectivity index (χ3v) is 13.4. The van der Waals surface area contributed by atoms with Crippen LogP contribution in [0.2, 0.25) is 0 Å². The van der Waals surface area contributed by atoms with Gasteiger partial charge in [-0.15, -0.1) is 13.2 Å².